The van der Waals surface area contributed by atoms with Crippen LogP contribution in [-0.2, 0) is 0 Å². The third-order valence-corrected chi connectivity index (χ3v) is 2.74. The van der Waals surface area contributed by atoms with Crippen molar-refractivity contribution in [2.45, 2.75) is 26.2 Å². The quantitative estimate of drug-likeness (QED) is 0.241. The number of nitrogens with one attached hydrogen (secondary N) is 1. The number of amidine groups is 1. The largest absolute Gasteiger partial charge is 0.409 e. The molecule has 4 nitrogen and oxygen atoms in total. The number of hydrogen-bond acceptors (Lipinski definition) is 3. The fourth-order valence-electron chi connectivity index (χ4n) is 1.47. The molecule has 0 spiro atoms. The number of nitrogens with zero attached hydrogens (tertiary/aromatic N) is 1. The SMILES string of the molecule is Cc1ccc(NCCCCC(N)=NO)c(Cl)c1. The topological polar surface area (TPSA) is 70.6 Å². The zero-order chi connectivity index (χ0) is 12.7. The Hall–Kier alpha value is -1.42. The summed E-state index contributed by atoms with van der Waals surface area (Å²) in [7, 11) is 0. The summed E-state index contributed by atoms with van der Waals surface area (Å²) in [6, 6.07) is 5.92. The summed E-state index contributed by atoms with van der Waals surface area (Å²) in [5, 5.41) is 15.3. The van der Waals surface area contributed by atoms with Crippen LogP contribution in [0.25, 0.3) is 0 Å². The summed E-state index contributed by atoms with van der Waals surface area (Å²) >= 11 is 6.08. The lowest BCUT2D eigenvalue weighted by molar-refractivity contribution is 0.316. The molecular formula is C12H18ClN3O. The summed E-state index contributed by atoms with van der Waals surface area (Å²) in [5.74, 6) is 0.276. The van der Waals surface area contributed by atoms with E-state index in [1.165, 1.54) is 0 Å². The predicted molar refractivity (Wildman–Crippen MR) is 71.9 cm³/mol. The van der Waals surface area contributed by atoms with Crippen LogP contribution >= 0.6 is 11.6 Å². The van der Waals surface area contributed by atoms with Crippen molar-refractivity contribution in [1.82, 2.24) is 0 Å². The van der Waals surface area contributed by atoms with Crippen molar-refractivity contribution in [2.24, 2.45) is 10.9 Å². The molecule has 0 aromatic heterocycles. The highest BCUT2D eigenvalue weighted by Crippen LogP contribution is 2.22. The smallest absolute Gasteiger partial charge is 0.139 e. The molecule has 17 heavy (non-hydrogen) atoms. The fraction of sp³-hybridized carbons (Fsp3) is 0.417. The van der Waals surface area contributed by atoms with E-state index < -0.39 is 0 Å². The van der Waals surface area contributed by atoms with Crippen LogP contribution in [0.5, 0.6) is 0 Å². The van der Waals surface area contributed by atoms with Gasteiger partial charge < -0.3 is 16.3 Å². The second-order valence-corrected chi connectivity index (χ2v) is 4.37. The van der Waals surface area contributed by atoms with Gasteiger partial charge in [0, 0.05) is 13.0 Å². The van der Waals surface area contributed by atoms with Crippen LogP contribution in [0.1, 0.15) is 24.8 Å². The summed E-state index contributed by atoms with van der Waals surface area (Å²) in [6.07, 6.45) is 2.44. The molecule has 0 amide bonds. The average Bonchev–Trinajstić information content (AvgIpc) is 2.30. The van der Waals surface area contributed by atoms with E-state index in [1.807, 2.05) is 25.1 Å². The lowest BCUT2D eigenvalue weighted by Crippen LogP contribution is -2.11. The van der Waals surface area contributed by atoms with E-state index >= 15 is 0 Å². The van der Waals surface area contributed by atoms with E-state index in [1.54, 1.807) is 0 Å². The molecule has 0 radical (unpaired) electrons. The first-order valence-electron chi connectivity index (χ1n) is 5.60. The Balaban J connectivity index is 2.27. The van der Waals surface area contributed by atoms with Crippen LogP contribution < -0.4 is 11.1 Å². The van der Waals surface area contributed by atoms with Crippen molar-refractivity contribution in [3.63, 3.8) is 0 Å². The van der Waals surface area contributed by atoms with Crippen molar-refractivity contribution < 1.29 is 5.21 Å². The molecule has 0 aliphatic heterocycles. The Labute approximate surface area is 106 Å². The predicted octanol–water partition coefficient (Wildman–Crippen LogP) is 2.98. The van der Waals surface area contributed by atoms with Gasteiger partial charge in [-0.2, -0.15) is 0 Å². The molecule has 1 aromatic carbocycles. The van der Waals surface area contributed by atoms with Gasteiger partial charge in [0.1, 0.15) is 5.84 Å². The van der Waals surface area contributed by atoms with Gasteiger partial charge in [-0.05, 0) is 37.5 Å². The first-order chi connectivity index (χ1) is 8.13. The van der Waals surface area contributed by atoms with Gasteiger partial charge in [0.25, 0.3) is 0 Å². The van der Waals surface area contributed by atoms with Gasteiger partial charge in [0.2, 0.25) is 0 Å². The molecule has 1 rings (SSSR count). The van der Waals surface area contributed by atoms with Crippen LogP contribution in [0.4, 0.5) is 5.69 Å². The molecule has 94 valence electrons. The van der Waals surface area contributed by atoms with Gasteiger partial charge in [0.05, 0.1) is 10.7 Å². The van der Waals surface area contributed by atoms with Crippen molar-refractivity contribution in [3.8, 4) is 0 Å². The van der Waals surface area contributed by atoms with Gasteiger partial charge in [-0.1, -0.05) is 22.8 Å². The average molecular weight is 256 g/mol. The number of benzene rings is 1. The number of halogens is 1. The number of aryl methyl sites for hydroxylation is 1. The molecule has 0 aliphatic carbocycles. The van der Waals surface area contributed by atoms with Crippen LogP contribution in [0.3, 0.4) is 0 Å². The molecule has 0 aliphatic rings. The molecular weight excluding hydrogens is 238 g/mol. The van der Waals surface area contributed by atoms with E-state index in [4.69, 9.17) is 22.5 Å². The highest BCUT2D eigenvalue weighted by atomic mass is 35.5. The molecule has 0 fully saturated rings. The Morgan fingerprint density at radius 1 is 1.47 bits per heavy atom. The molecule has 0 unspecified atom stereocenters. The third kappa shape index (κ3) is 4.95. The standard InChI is InChI=1S/C12H18ClN3O/c1-9-5-6-11(10(13)8-9)15-7-3-2-4-12(14)16-17/h5-6,8,15,17H,2-4,7H2,1H3,(H2,14,16). The van der Waals surface area contributed by atoms with Crippen LogP contribution in [0, 0.1) is 6.92 Å². The van der Waals surface area contributed by atoms with E-state index in [0.29, 0.717) is 6.42 Å². The normalized spacial score (nSPS) is 11.5. The number of oxime groups is 1. The van der Waals surface area contributed by atoms with E-state index in [9.17, 15) is 0 Å². The monoisotopic (exact) mass is 255 g/mol. The molecule has 1 aromatic rings. The zero-order valence-electron chi connectivity index (χ0n) is 9.91. The Morgan fingerprint density at radius 2 is 2.24 bits per heavy atom. The lowest BCUT2D eigenvalue weighted by Gasteiger charge is -2.08. The van der Waals surface area contributed by atoms with Crippen LogP contribution in [0.2, 0.25) is 5.02 Å². The van der Waals surface area contributed by atoms with Crippen molar-refractivity contribution >= 4 is 23.1 Å². The maximum atomic E-state index is 8.36. The minimum atomic E-state index is 0.276. The summed E-state index contributed by atoms with van der Waals surface area (Å²) in [6.45, 7) is 2.83. The van der Waals surface area contributed by atoms with Gasteiger partial charge in [0.15, 0.2) is 0 Å². The lowest BCUT2D eigenvalue weighted by atomic mass is 10.2. The Kier molecular flexibility index (Phi) is 5.63. The van der Waals surface area contributed by atoms with E-state index in [-0.39, 0.29) is 5.84 Å². The fourth-order valence-corrected chi connectivity index (χ4v) is 1.77. The maximum Gasteiger partial charge on any atom is 0.139 e. The van der Waals surface area contributed by atoms with Crippen molar-refractivity contribution in [3.05, 3.63) is 28.8 Å². The number of unbranched alkanes of at least 4 members (excludes halogenated alkanes) is 1. The van der Waals surface area contributed by atoms with Gasteiger partial charge in [-0.25, -0.2) is 0 Å². The number of anilines is 1. The minimum Gasteiger partial charge on any atom is -0.409 e. The zero-order valence-corrected chi connectivity index (χ0v) is 10.7. The number of nitrogens with two attached hydrogens (primary N) is 1. The highest BCUT2D eigenvalue weighted by molar-refractivity contribution is 6.33. The number of rotatable bonds is 6. The maximum absolute atomic E-state index is 8.36. The highest BCUT2D eigenvalue weighted by Gasteiger charge is 1.99. The molecule has 0 bridgehead atoms. The summed E-state index contributed by atoms with van der Waals surface area (Å²) in [4.78, 5) is 0. The molecule has 0 saturated carbocycles. The van der Waals surface area contributed by atoms with Gasteiger partial charge in [-0.15, -0.1) is 0 Å². The second kappa shape index (κ2) is 7.01. The van der Waals surface area contributed by atoms with Crippen molar-refractivity contribution in [1.29, 1.82) is 0 Å². The molecule has 0 saturated heterocycles. The first kappa shape index (κ1) is 13.6. The van der Waals surface area contributed by atoms with Gasteiger partial charge >= 0.3 is 0 Å². The second-order valence-electron chi connectivity index (χ2n) is 3.96. The molecule has 5 heteroatoms. The number of hydrogen-bond donors (Lipinski definition) is 3. The molecule has 0 atom stereocenters. The Bertz CT molecular complexity index is 393. The van der Waals surface area contributed by atoms with E-state index in [2.05, 4.69) is 10.5 Å². The minimum absolute atomic E-state index is 0.276. The first-order valence-corrected chi connectivity index (χ1v) is 5.97. The van der Waals surface area contributed by atoms with E-state index in [0.717, 1.165) is 35.7 Å². The molecule has 0 heterocycles. The van der Waals surface area contributed by atoms with Crippen LogP contribution in [-0.4, -0.2) is 17.6 Å². The van der Waals surface area contributed by atoms with Crippen molar-refractivity contribution in [2.75, 3.05) is 11.9 Å². The Morgan fingerprint density at radius 3 is 2.88 bits per heavy atom. The van der Waals surface area contributed by atoms with Crippen LogP contribution in [0.15, 0.2) is 23.4 Å². The third-order valence-electron chi connectivity index (χ3n) is 2.43. The summed E-state index contributed by atoms with van der Waals surface area (Å²) < 4.78 is 0. The molecule has 4 N–H and O–H groups in total. The summed E-state index contributed by atoms with van der Waals surface area (Å²) in [5.41, 5.74) is 7.46. The van der Waals surface area contributed by atoms with Gasteiger partial charge in [-0.3, -0.25) is 0 Å².